The zero-order valence-corrected chi connectivity index (χ0v) is 18.6. The van der Waals surface area contributed by atoms with Crippen LogP contribution in [0.5, 0.6) is 11.5 Å². The fraction of sp³-hybridized carbons (Fsp3) is 0.381. The first-order chi connectivity index (χ1) is 14.8. The molecule has 0 bridgehead atoms. The number of esters is 1. The van der Waals surface area contributed by atoms with Crippen LogP contribution in [0.15, 0.2) is 54.6 Å². The molecule has 0 aliphatic carbocycles. The lowest BCUT2D eigenvalue weighted by Crippen LogP contribution is -2.36. The second-order valence-corrected chi connectivity index (χ2v) is 8.53. The maximum absolute atomic E-state index is 13.4. The number of carbonyl (C=O) groups excluding carboxylic acids is 1. The van der Waals surface area contributed by atoms with E-state index in [9.17, 15) is 19.5 Å². The molecule has 0 aromatic heterocycles. The number of nitrogens with one attached hydrogen (secondary N) is 1. The molecule has 0 unspecified atom stereocenters. The van der Waals surface area contributed by atoms with Crippen molar-refractivity contribution >= 4 is 19.4 Å². The van der Waals surface area contributed by atoms with Crippen LogP contribution in [-0.2, 0) is 14.1 Å². The summed E-state index contributed by atoms with van der Waals surface area (Å²) in [6.45, 7) is 5.80. The van der Waals surface area contributed by atoms with Gasteiger partial charge in [-0.3, -0.25) is 14.9 Å². The van der Waals surface area contributed by atoms with Gasteiger partial charge in [0, 0.05) is 12.1 Å². The summed E-state index contributed by atoms with van der Waals surface area (Å²) in [6, 6.07) is 12.4. The van der Waals surface area contributed by atoms with Crippen LogP contribution >= 0.6 is 7.75 Å². The Labute approximate surface area is 181 Å². The zero-order chi connectivity index (χ0) is 22.9. The second kappa shape index (κ2) is 11.5. The van der Waals surface area contributed by atoms with Crippen molar-refractivity contribution in [1.82, 2.24) is 5.09 Å². The highest BCUT2D eigenvalue weighted by Crippen LogP contribution is 2.45. The van der Waals surface area contributed by atoms with E-state index in [1.807, 2.05) is 13.8 Å². The third kappa shape index (κ3) is 7.70. The number of hydrogen-bond donors (Lipinski definition) is 1. The van der Waals surface area contributed by atoms with Crippen molar-refractivity contribution in [3.63, 3.8) is 0 Å². The highest BCUT2D eigenvalue weighted by atomic mass is 31.2. The van der Waals surface area contributed by atoms with Gasteiger partial charge in [-0.15, -0.1) is 0 Å². The monoisotopic (exact) mass is 450 g/mol. The number of nitro groups is 1. The number of ether oxygens (including phenoxy) is 1. The first-order valence-electron chi connectivity index (χ1n) is 9.99. The predicted molar refractivity (Wildman–Crippen MR) is 116 cm³/mol. The van der Waals surface area contributed by atoms with Gasteiger partial charge >= 0.3 is 13.7 Å². The fourth-order valence-corrected chi connectivity index (χ4v) is 4.12. The summed E-state index contributed by atoms with van der Waals surface area (Å²) in [5.41, 5.74) is -0.141. The van der Waals surface area contributed by atoms with Crippen molar-refractivity contribution < 1.29 is 28.1 Å². The summed E-state index contributed by atoms with van der Waals surface area (Å²) in [6.07, 6.45) is 1.76. The van der Waals surface area contributed by atoms with Gasteiger partial charge in [-0.2, -0.15) is 5.09 Å². The van der Waals surface area contributed by atoms with E-state index in [4.69, 9.17) is 13.8 Å². The number of hydrogen-bond acceptors (Lipinski definition) is 7. The minimum absolute atomic E-state index is 0.0787. The molecule has 0 saturated heterocycles. The van der Waals surface area contributed by atoms with Crippen molar-refractivity contribution in [2.24, 2.45) is 5.92 Å². The number of nitrogens with zero attached hydrogens (tertiary/aromatic N) is 1. The average molecular weight is 450 g/mol. The van der Waals surface area contributed by atoms with Crippen molar-refractivity contribution in [2.75, 3.05) is 6.61 Å². The van der Waals surface area contributed by atoms with E-state index < -0.39 is 24.7 Å². The SMILES string of the molecule is CCC(CC)COC(=O)[C@@H](C)N[P@@](=O)(Oc1ccccc1)Oc1ccc([N+](=O)[O-])cc1. The number of para-hydroxylation sites is 1. The van der Waals surface area contributed by atoms with Crippen LogP contribution in [0, 0.1) is 16.0 Å². The Balaban J connectivity index is 2.16. The van der Waals surface area contributed by atoms with Crippen LogP contribution in [0.3, 0.4) is 0 Å². The van der Waals surface area contributed by atoms with Crippen LogP contribution in [0.1, 0.15) is 33.6 Å². The maximum Gasteiger partial charge on any atom is 0.513 e. The number of carbonyl (C=O) groups is 1. The summed E-state index contributed by atoms with van der Waals surface area (Å²) in [7, 11) is -4.09. The van der Waals surface area contributed by atoms with E-state index in [0.717, 1.165) is 12.8 Å². The molecule has 9 nitrogen and oxygen atoms in total. The van der Waals surface area contributed by atoms with Gasteiger partial charge in [0.15, 0.2) is 0 Å². The lowest BCUT2D eigenvalue weighted by molar-refractivity contribution is -0.384. The molecule has 2 aromatic rings. The number of non-ortho nitro benzene ring substituents is 1. The van der Waals surface area contributed by atoms with E-state index in [2.05, 4.69) is 5.09 Å². The molecular formula is C21H27N2O7P. The number of benzene rings is 2. The third-order valence-electron chi connectivity index (χ3n) is 4.56. The van der Waals surface area contributed by atoms with Crippen molar-refractivity contribution in [3.8, 4) is 11.5 Å². The molecule has 0 aliphatic rings. The Morgan fingerprint density at radius 1 is 1.03 bits per heavy atom. The summed E-state index contributed by atoms with van der Waals surface area (Å²) >= 11 is 0. The molecule has 31 heavy (non-hydrogen) atoms. The highest BCUT2D eigenvalue weighted by Gasteiger charge is 2.34. The van der Waals surface area contributed by atoms with Gasteiger partial charge in [-0.25, -0.2) is 4.57 Å². The van der Waals surface area contributed by atoms with E-state index in [1.54, 1.807) is 30.3 Å². The smallest absolute Gasteiger partial charge is 0.464 e. The maximum atomic E-state index is 13.4. The first-order valence-corrected chi connectivity index (χ1v) is 11.5. The molecule has 0 aliphatic heterocycles. The largest absolute Gasteiger partial charge is 0.513 e. The van der Waals surface area contributed by atoms with E-state index in [-0.39, 0.29) is 29.7 Å². The molecule has 168 valence electrons. The van der Waals surface area contributed by atoms with Gasteiger partial charge in [0.2, 0.25) is 0 Å². The molecule has 0 fully saturated rings. The second-order valence-electron chi connectivity index (χ2n) is 6.91. The Kier molecular flexibility index (Phi) is 9.03. The van der Waals surface area contributed by atoms with E-state index in [1.165, 1.54) is 31.2 Å². The zero-order valence-electron chi connectivity index (χ0n) is 17.7. The number of nitro benzene ring substituents is 1. The fourth-order valence-electron chi connectivity index (χ4n) is 2.60. The van der Waals surface area contributed by atoms with Gasteiger partial charge in [0.25, 0.3) is 5.69 Å². The molecule has 0 saturated carbocycles. The topological polar surface area (TPSA) is 117 Å². The van der Waals surface area contributed by atoms with E-state index in [0.29, 0.717) is 0 Å². The van der Waals surface area contributed by atoms with Crippen molar-refractivity contribution in [1.29, 1.82) is 0 Å². The molecule has 2 aromatic carbocycles. The lowest BCUT2D eigenvalue weighted by Gasteiger charge is -2.23. The normalized spacial score (nSPS) is 13.8. The Hall–Kier alpha value is -2.90. The van der Waals surface area contributed by atoms with Crippen LogP contribution in [0.25, 0.3) is 0 Å². The Bertz CT molecular complexity index is 902. The summed E-state index contributed by atoms with van der Waals surface area (Å²) in [5, 5.41) is 13.4. The van der Waals surface area contributed by atoms with Gasteiger partial charge in [0.05, 0.1) is 11.5 Å². The summed E-state index contributed by atoms with van der Waals surface area (Å²) < 4.78 is 29.8. The molecule has 1 N–H and O–H groups in total. The highest BCUT2D eigenvalue weighted by molar-refractivity contribution is 7.52. The standard InChI is InChI=1S/C21H27N2O7P/c1-4-17(5-2)15-28-21(24)16(3)22-31(27,29-19-9-7-6-8-10-19)30-20-13-11-18(12-14-20)23(25)26/h6-14,16-17H,4-5,15H2,1-3H3,(H,22,27)/t16-,31-/m1/s1. The molecule has 0 spiro atoms. The first kappa shape index (κ1) is 24.4. The molecule has 10 heteroatoms. The van der Waals surface area contributed by atoms with Crippen LogP contribution in [0.4, 0.5) is 5.69 Å². The summed E-state index contributed by atoms with van der Waals surface area (Å²) in [4.78, 5) is 22.7. The quantitative estimate of drug-likeness (QED) is 0.205. The van der Waals surface area contributed by atoms with Crippen molar-refractivity contribution in [3.05, 3.63) is 64.7 Å². The Morgan fingerprint density at radius 3 is 2.10 bits per heavy atom. The molecule has 2 rings (SSSR count). The minimum Gasteiger partial charge on any atom is -0.464 e. The predicted octanol–water partition coefficient (Wildman–Crippen LogP) is 5.12. The molecule has 2 atom stereocenters. The molecule has 0 amide bonds. The third-order valence-corrected chi connectivity index (χ3v) is 6.17. The molecule has 0 heterocycles. The van der Waals surface area contributed by atoms with E-state index >= 15 is 0 Å². The Morgan fingerprint density at radius 2 is 1.58 bits per heavy atom. The average Bonchev–Trinajstić information content (AvgIpc) is 2.75. The van der Waals surface area contributed by atoms with Crippen LogP contribution < -0.4 is 14.1 Å². The number of rotatable bonds is 12. The van der Waals surface area contributed by atoms with Gasteiger partial charge in [-0.1, -0.05) is 44.9 Å². The van der Waals surface area contributed by atoms with Gasteiger partial charge in [-0.05, 0) is 37.1 Å². The molecular weight excluding hydrogens is 423 g/mol. The molecule has 0 radical (unpaired) electrons. The van der Waals surface area contributed by atoms with Crippen molar-refractivity contribution in [2.45, 2.75) is 39.7 Å². The van der Waals surface area contributed by atoms with Gasteiger partial charge in [0.1, 0.15) is 17.5 Å². The van der Waals surface area contributed by atoms with Crippen LogP contribution in [-0.4, -0.2) is 23.5 Å². The van der Waals surface area contributed by atoms with Gasteiger partial charge < -0.3 is 13.8 Å². The van der Waals surface area contributed by atoms with Crippen LogP contribution in [0.2, 0.25) is 0 Å². The summed E-state index contributed by atoms with van der Waals surface area (Å²) in [5.74, 6) is 0.00349. The lowest BCUT2D eigenvalue weighted by atomic mass is 10.1. The minimum atomic E-state index is -4.09.